The highest BCUT2D eigenvalue weighted by Gasteiger charge is 2.07. The van der Waals surface area contributed by atoms with E-state index in [0.717, 1.165) is 16.8 Å². The molecule has 28 heavy (non-hydrogen) atoms. The van der Waals surface area contributed by atoms with E-state index in [2.05, 4.69) is 25.0 Å². The summed E-state index contributed by atoms with van der Waals surface area (Å²) in [5.74, 6) is 2.76. The van der Waals surface area contributed by atoms with Crippen LogP contribution in [0, 0.1) is 13.8 Å². The molecule has 0 saturated heterocycles. The van der Waals surface area contributed by atoms with Crippen molar-refractivity contribution in [3.05, 3.63) is 71.4 Å². The molecule has 0 unspecified atom stereocenters. The van der Waals surface area contributed by atoms with Gasteiger partial charge in [-0.05, 0) is 25.5 Å². The lowest BCUT2D eigenvalue weighted by molar-refractivity contribution is 0.592. The van der Waals surface area contributed by atoms with E-state index in [4.69, 9.17) is 0 Å². The van der Waals surface area contributed by atoms with Gasteiger partial charge in [0.2, 0.25) is 10.0 Å². The van der Waals surface area contributed by atoms with Gasteiger partial charge in [-0.25, -0.2) is 28.1 Å². The summed E-state index contributed by atoms with van der Waals surface area (Å²) in [4.78, 5) is 12.9. The predicted molar refractivity (Wildman–Crippen MR) is 110 cm³/mol. The SMILES string of the molecule is Cc1nc(NCCNS(=O)(=O)/C=C/c2ccccc2)cc(-n2ccnc2C)n1. The first kappa shape index (κ1) is 19.7. The van der Waals surface area contributed by atoms with Gasteiger partial charge in [0.25, 0.3) is 0 Å². The molecule has 0 fully saturated rings. The molecule has 3 aromatic rings. The van der Waals surface area contributed by atoms with Crippen molar-refractivity contribution in [2.45, 2.75) is 13.8 Å². The largest absolute Gasteiger partial charge is 0.369 e. The van der Waals surface area contributed by atoms with Crippen LogP contribution in [0.2, 0.25) is 0 Å². The van der Waals surface area contributed by atoms with Crippen LogP contribution in [0.4, 0.5) is 5.82 Å². The second kappa shape index (κ2) is 8.77. The van der Waals surface area contributed by atoms with Gasteiger partial charge in [0.05, 0.1) is 0 Å². The fourth-order valence-electron chi connectivity index (χ4n) is 2.55. The predicted octanol–water partition coefficient (Wildman–Crippen LogP) is 2.28. The highest BCUT2D eigenvalue weighted by molar-refractivity contribution is 7.92. The lowest BCUT2D eigenvalue weighted by Gasteiger charge is -2.10. The second-order valence-electron chi connectivity index (χ2n) is 6.08. The summed E-state index contributed by atoms with van der Waals surface area (Å²) < 4.78 is 28.5. The van der Waals surface area contributed by atoms with Gasteiger partial charge in [-0.2, -0.15) is 0 Å². The van der Waals surface area contributed by atoms with Gasteiger partial charge in [-0.15, -0.1) is 0 Å². The Morgan fingerprint density at radius 1 is 1.11 bits per heavy atom. The first-order valence-electron chi connectivity index (χ1n) is 8.76. The van der Waals surface area contributed by atoms with E-state index in [1.165, 1.54) is 0 Å². The Hall–Kier alpha value is -3.04. The molecule has 8 nitrogen and oxygen atoms in total. The minimum absolute atomic E-state index is 0.226. The maximum absolute atomic E-state index is 12.1. The number of aromatic nitrogens is 4. The van der Waals surface area contributed by atoms with Crippen molar-refractivity contribution in [2.24, 2.45) is 0 Å². The maximum Gasteiger partial charge on any atom is 0.233 e. The maximum atomic E-state index is 12.1. The van der Waals surface area contributed by atoms with E-state index in [0.29, 0.717) is 24.0 Å². The number of nitrogens with one attached hydrogen (secondary N) is 2. The number of hydrogen-bond donors (Lipinski definition) is 2. The Kier molecular flexibility index (Phi) is 6.17. The topological polar surface area (TPSA) is 102 Å². The van der Waals surface area contributed by atoms with Crippen LogP contribution in [0.25, 0.3) is 11.9 Å². The van der Waals surface area contributed by atoms with E-state index in [1.807, 2.05) is 48.0 Å². The molecule has 9 heteroatoms. The van der Waals surface area contributed by atoms with Crippen LogP contribution in [0.3, 0.4) is 0 Å². The van der Waals surface area contributed by atoms with Gasteiger partial charge in [0, 0.05) is 37.0 Å². The molecule has 0 aliphatic rings. The molecule has 2 heterocycles. The minimum Gasteiger partial charge on any atom is -0.369 e. The monoisotopic (exact) mass is 398 g/mol. The zero-order valence-corrected chi connectivity index (χ0v) is 16.5. The Balaban J connectivity index is 1.56. The zero-order chi connectivity index (χ0) is 20.0. The molecule has 146 valence electrons. The number of nitrogens with zero attached hydrogens (tertiary/aromatic N) is 4. The number of rotatable bonds is 8. The van der Waals surface area contributed by atoms with Crippen LogP contribution in [-0.2, 0) is 10.0 Å². The van der Waals surface area contributed by atoms with Crippen molar-refractivity contribution in [3.63, 3.8) is 0 Å². The first-order valence-corrected chi connectivity index (χ1v) is 10.3. The van der Waals surface area contributed by atoms with Crippen LogP contribution in [0.1, 0.15) is 17.2 Å². The summed E-state index contributed by atoms with van der Waals surface area (Å²) in [6.45, 7) is 4.31. The van der Waals surface area contributed by atoms with Crippen molar-refractivity contribution in [1.82, 2.24) is 24.2 Å². The van der Waals surface area contributed by atoms with E-state index in [-0.39, 0.29) is 6.54 Å². The van der Waals surface area contributed by atoms with Crippen LogP contribution >= 0.6 is 0 Å². The molecule has 0 atom stereocenters. The molecule has 0 aliphatic carbocycles. The number of anilines is 1. The molecule has 2 N–H and O–H groups in total. The van der Waals surface area contributed by atoms with Crippen LogP contribution in [-0.4, -0.2) is 41.0 Å². The number of aryl methyl sites for hydroxylation is 2. The Morgan fingerprint density at radius 3 is 2.61 bits per heavy atom. The molecule has 1 aromatic carbocycles. The standard InChI is InChI=1S/C19H22N6O2S/c1-15-23-18(14-19(24-15)25-12-11-20-16(25)2)21-9-10-22-28(26,27)13-8-17-6-4-3-5-7-17/h3-8,11-14,22H,9-10H2,1-2H3,(H,21,23,24)/b13-8+. The van der Waals surface area contributed by atoms with Gasteiger partial charge < -0.3 is 5.32 Å². The lowest BCUT2D eigenvalue weighted by Crippen LogP contribution is -2.27. The van der Waals surface area contributed by atoms with E-state index in [9.17, 15) is 8.42 Å². The van der Waals surface area contributed by atoms with Crippen molar-refractivity contribution >= 4 is 21.9 Å². The van der Waals surface area contributed by atoms with Crippen molar-refractivity contribution in [3.8, 4) is 5.82 Å². The third-order valence-electron chi connectivity index (χ3n) is 3.87. The molecule has 2 aromatic heterocycles. The van der Waals surface area contributed by atoms with Gasteiger partial charge in [0.15, 0.2) is 0 Å². The second-order valence-corrected chi connectivity index (χ2v) is 7.73. The fraction of sp³-hybridized carbons (Fsp3) is 0.211. The van der Waals surface area contributed by atoms with Crippen LogP contribution < -0.4 is 10.0 Å². The first-order chi connectivity index (χ1) is 13.4. The smallest absolute Gasteiger partial charge is 0.233 e. The van der Waals surface area contributed by atoms with Crippen LogP contribution in [0.15, 0.2) is 54.2 Å². The molecule has 3 rings (SSSR count). The lowest BCUT2D eigenvalue weighted by atomic mass is 10.2. The zero-order valence-electron chi connectivity index (χ0n) is 15.7. The molecule has 0 spiro atoms. The van der Waals surface area contributed by atoms with Crippen molar-refractivity contribution in [2.75, 3.05) is 18.4 Å². The third-order valence-corrected chi connectivity index (χ3v) is 4.97. The highest BCUT2D eigenvalue weighted by Crippen LogP contribution is 2.12. The fourth-order valence-corrected chi connectivity index (χ4v) is 3.37. The van der Waals surface area contributed by atoms with E-state index < -0.39 is 10.0 Å². The number of sulfonamides is 1. The average molecular weight is 398 g/mol. The molecule has 0 radical (unpaired) electrons. The van der Waals surface area contributed by atoms with Gasteiger partial charge in [-0.3, -0.25) is 4.57 Å². The Labute approximate surface area is 164 Å². The molecule has 0 amide bonds. The van der Waals surface area contributed by atoms with Crippen molar-refractivity contribution in [1.29, 1.82) is 0 Å². The molecular formula is C19H22N6O2S. The summed E-state index contributed by atoms with van der Waals surface area (Å²) in [6, 6.07) is 11.1. The normalized spacial score (nSPS) is 11.8. The van der Waals surface area contributed by atoms with Crippen LogP contribution in [0.5, 0.6) is 0 Å². The Morgan fingerprint density at radius 2 is 1.89 bits per heavy atom. The van der Waals surface area contributed by atoms with E-state index >= 15 is 0 Å². The summed E-state index contributed by atoms with van der Waals surface area (Å²) in [7, 11) is -3.51. The minimum atomic E-state index is -3.51. The quantitative estimate of drug-likeness (QED) is 0.565. The summed E-state index contributed by atoms with van der Waals surface area (Å²) in [5.41, 5.74) is 0.824. The van der Waals surface area contributed by atoms with Gasteiger partial charge in [-0.1, -0.05) is 30.3 Å². The van der Waals surface area contributed by atoms with Gasteiger partial charge >= 0.3 is 0 Å². The highest BCUT2D eigenvalue weighted by atomic mass is 32.2. The molecule has 0 saturated carbocycles. The third kappa shape index (κ3) is 5.48. The number of benzene rings is 1. The molecule has 0 aliphatic heterocycles. The molecule has 0 bridgehead atoms. The van der Waals surface area contributed by atoms with E-state index in [1.54, 1.807) is 25.3 Å². The Bertz CT molecular complexity index is 1060. The molecular weight excluding hydrogens is 376 g/mol. The number of imidazole rings is 1. The summed E-state index contributed by atoms with van der Waals surface area (Å²) >= 11 is 0. The summed E-state index contributed by atoms with van der Waals surface area (Å²) in [5, 5.41) is 4.28. The summed E-state index contributed by atoms with van der Waals surface area (Å²) in [6.07, 6.45) is 5.09. The average Bonchev–Trinajstić information content (AvgIpc) is 3.10. The van der Waals surface area contributed by atoms with Gasteiger partial charge in [0.1, 0.15) is 23.3 Å². The number of hydrogen-bond acceptors (Lipinski definition) is 6. The van der Waals surface area contributed by atoms with Crippen molar-refractivity contribution < 1.29 is 8.42 Å².